The zero-order chi connectivity index (χ0) is 13.1. The van der Waals surface area contributed by atoms with E-state index in [1.807, 2.05) is 19.1 Å². The van der Waals surface area contributed by atoms with Crippen molar-refractivity contribution < 1.29 is 14.6 Å². The van der Waals surface area contributed by atoms with Crippen molar-refractivity contribution in [3.63, 3.8) is 0 Å². The minimum atomic E-state index is -1.07. The molecule has 1 aromatic heterocycles. The molecule has 0 amide bonds. The summed E-state index contributed by atoms with van der Waals surface area (Å²) in [6.45, 7) is 1.96. The monoisotopic (exact) mass is 307 g/mol. The van der Waals surface area contributed by atoms with Gasteiger partial charge in [0.2, 0.25) is 0 Å². The Balaban J connectivity index is 2.37. The summed E-state index contributed by atoms with van der Waals surface area (Å²) >= 11 is 3.38. The zero-order valence-electron chi connectivity index (χ0n) is 9.55. The van der Waals surface area contributed by atoms with E-state index in [2.05, 4.69) is 20.9 Å². The van der Waals surface area contributed by atoms with Gasteiger partial charge in [-0.3, -0.25) is 4.98 Å². The van der Waals surface area contributed by atoms with Crippen LogP contribution in [0.3, 0.4) is 0 Å². The van der Waals surface area contributed by atoms with Crippen molar-refractivity contribution in [2.45, 2.75) is 6.92 Å². The van der Waals surface area contributed by atoms with Crippen LogP contribution in [0.25, 0.3) is 0 Å². The minimum absolute atomic E-state index is 0.0324. The Morgan fingerprint density at radius 1 is 1.33 bits per heavy atom. The van der Waals surface area contributed by atoms with Crippen molar-refractivity contribution >= 4 is 21.9 Å². The number of aromatic carboxylic acids is 1. The van der Waals surface area contributed by atoms with E-state index in [0.29, 0.717) is 5.75 Å². The van der Waals surface area contributed by atoms with Gasteiger partial charge >= 0.3 is 5.97 Å². The first-order chi connectivity index (χ1) is 8.58. The molecule has 1 N–H and O–H groups in total. The molecule has 0 spiro atoms. The highest BCUT2D eigenvalue weighted by Gasteiger charge is 2.12. The number of nitrogens with zero attached hydrogens (tertiary/aromatic N) is 1. The van der Waals surface area contributed by atoms with E-state index in [-0.39, 0.29) is 11.3 Å². The second-order valence-electron chi connectivity index (χ2n) is 3.71. The Morgan fingerprint density at radius 3 is 2.78 bits per heavy atom. The fourth-order valence-corrected chi connectivity index (χ4v) is 2.01. The molecule has 1 aromatic carbocycles. The van der Waals surface area contributed by atoms with E-state index < -0.39 is 5.97 Å². The summed E-state index contributed by atoms with van der Waals surface area (Å²) in [5, 5.41) is 9.03. The van der Waals surface area contributed by atoms with Crippen LogP contribution in [-0.4, -0.2) is 16.1 Å². The van der Waals surface area contributed by atoms with Crippen molar-refractivity contribution in [3.05, 3.63) is 52.3 Å². The molecule has 4 nitrogen and oxygen atoms in total. The summed E-state index contributed by atoms with van der Waals surface area (Å²) in [4.78, 5) is 14.8. The molecule has 2 aromatic rings. The summed E-state index contributed by atoms with van der Waals surface area (Å²) in [7, 11) is 0. The maximum absolute atomic E-state index is 11.0. The highest BCUT2D eigenvalue weighted by molar-refractivity contribution is 9.10. The first-order valence-corrected chi connectivity index (χ1v) is 5.98. The van der Waals surface area contributed by atoms with Gasteiger partial charge in [-0.05, 0) is 40.5 Å². The zero-order valence-corrected chi connectivity index (χ0v) is 11.1. The first-order valence-electron chi connectivity index (χ1n) is 5.19. The molecule has 0 radical (unpaired) electrons. The quantitative estimate of drug-likeness (QED) is 0.940. The molecule has 92 valence electrons. The summed E-state index contributed by atoms with van der Waals surface area (Å²) in [6.07, 6.45) is 2.75. The van der Waals surface area contributed by atoms with Crippen LogP contribution in [0.5, 0.6) is 11.5 Å². The molecular formula is C13H10BrNO3. The highest BCUT2D eigenvalue weighted by Crippen LogP contribution is 2.31. The largest absolute Gasteiger partial charge is 0.477 e. The van der Waals surface area contributed by atoms with Gasteiger partial charge in [0.05, 0.1) is 4.47 Å². The van der Waals surface area contributed by atoms with Crippen LogP contribution in [-0.2, 0) is 0 Å². The van der Waals surface area contributed by atoms with Crippen LogP contribution in [0.1, 0.15) is 15.9 Å². The Bertz CT molecular complexity index is 599. The SMILES string of the molecule is Cc1ccc(Oc2ccncc2C(=O)O)c(Br)c1. The molecule has 0 aliphatic carbocycles. The number of benzene rings is 1. The number of pyridine rings is 1. The van der Waals surface area contributed by atoms with Gasteiger partial charge in [0.25, 0.3) is 0 Å². The van der Waals surface area contributed by atoms with E-state index in [1.54, 1.807) is 6.07 Å². The molecule has 0 atom stereocenters. The van der Waals surface area contributed by atoms with Crippen LogP contribution >= 0.6 is 15.9 Å². The number of halogens is 1. The molecule has 18 heavy (non-hydrogen) atoms. The third-order valence-corrected chi connectivity index (χ3v) is 2.94. The van der Waals surface area contributed by atoms with Crippen LogP contribution in [0, 0.1) is 6.92 Å². The molecule has 1 heterocycles. The molecule has 0 aliphatic heterocycles. The van der Waals surface area contributed by atoms with Crippen LogP contribution in [0.4, 0.5) is 0 Å². The summed E-state index contributed by atoms with van der Waals surface area (Å²) in [6, 6.07) is 7.10. The number of rotatable bonds is 3. The first kappa shape index (κ1) is 12.6. The fraction of sp³-hybridized carbons (Fsp3) is 0.0769. The lowest BCUT2D eigenvalue weighted by molar-refractivity contribution is 0.0693. The fourth-order valence-electron chi connectivity index (χ4n) is 1.44. The molecule has 5 heteroatoms. The lowest BCUT2D eigenvalue weighted by Gasteiger charge is -2.10. The Hall–Kier alpha value is -1.88. The third kappa shape index (κ3) is 2.68. The number of aryl methyl sites for hydroxylation is 1. The number of carboxylic acid groups (broad SMARTS) is 1. The predicted octanol–water partition coefficient (Wildman–Crippen LogP) is 3.64. The molecule has 0 unspecified atom stereocenters. The number of hydrogen-bond acceptors (Lipinski definition) is 3. The van der Waals surface area contributed by atoms with Gasteiger partial charge in [-0.25, -0.2) is 4.79 Å². The number of hydrogen-bond donors (Lipinski definition) is 1. The number of aromatic nitrogens is 1. The van der Waals surface area contributed by atoms with Gasteiger partial charge in [-0.15, -0.1) is 0 Å². The maximum atomic E-state index is 11.0. The standard InChI is InChI=1S/C13H10BrNO3/c1-8-2-3-12(10(14)6-8)18-11-4-5-15-7-9(11)13(16)17/h2-7H,1H3,(H,16,17). The number of carboxylic acids is 1. The van der Waals surface area contributed by atoms with Crippen LogP contribution in [0.2, 0.25) is 0 Å². The average molecular weight is 308 g/mol. The smallest absolute Gasteiger partial charge is 0.341 e. The minimum Gasteiger partial charge on any atom is -0.477 e. The topological polar surface area (TPSA) is 59.4 Å². The van der Waals surface area contributed by atoms with E-state index in [9.17, 15) is 4.79 Å². The van der Waals surface area contributed by atoms with Gasteiger partial charge < -0.3 is 9.84 Å². The summed E-state index contributed by atoms with van der Waals surface area (Å²) < 4.78 is 6.36. The van der Waals surface area contributed by atoms with E-state index in [1.165, 1.54) is 18.5 Å². The van der Waals surface area contributed by atoms with Gasteiger partial charge in [0, 0.05) is 18.5 Å². The van der Waals surface area contributed by atoms with Crippen molar-refractivity contribution in [1.82, 2.24) is 4.98 Å². The Morgan fingerprint density at radius 2 is 2.11 bits per heavy atom. The van der Waals surface area contributed by atoms with Crippen LogP contribution in [0.15, 0.2) is 41.1 Å². The number of carbonyl (C=O) groups is 1. The van der Waals surface area contributed by atoms with Gasteiger partial charge in [-0.2, -0.15) is 0 Å². The van der Waals surface area contributed by atoms with Crippen molar-refractivity contribution in [1.29, 1.82) is 0 Å². The average Bonchev–Trinajstić information content (AvgIpc) is 2.33. The summed E-state index contributed by atoms with van der Waals surface area (Å²) in [5.41, 5.74) is 1.12. The maximum Gasteiger partial charge on any atom is 0.341 e. The molecule has 0 saturated carbocycles. The molecule has 0 saturated heterocycles. The highest BCUT2D eigenvalue weighted by atomic mass is 79.9. The lowest BCUT2D eigenvalue weighted by atomic mass is 10.2. The second kappa shape index (κ2) is 5.18. The van der Waals surface area contributed by atoms with E-state index in [4.69, 9.17) is 9.84 Å². The molecule has 2 rings (SSSR count). The number of ether oxygens (including phenoxy) is 1. The molecular weight excluding hydrogens is 298 g/mol. The third-order valence-electron chi connectivity index (χ3n) is 2.32. The van der Waals surface area contributed by atoms with Gasteiger partial charge in [0.1, 0.15) is 17.1 Å². The van der Waals surface area contributed by atoms with Crippen molar-refractivity contribution in [2.24, 2.45) is 0 Å². The van der Waals surface area contributed by atoms with Gasteiger partial charge in [0.15, 0.2) is 0 Å². The van der Waals surface area contributed by atoms with E-state index >= 15 is 0 Å². The molecule has 0 aliphatic rings. The van der Waals surface area contributed by atoms with Gasteiger partial charge in [-0.1, -0.05) is 6.07 Å². The molecule has 0 fully saturated rings. The van der Waals surface area contributed by atoms with E-state index in [0.717, 1.165) is 10.0 Å². The predicted molar refractivity (Wildman–Crippen MR) is 70.1 cm³/mol. The Labute approximate surface area is 112 Å². The van der Waals surface area contributed by atoms with Crippen LogP contribution < -0.4 is 4.74 Å². The second-order valence-corrected chi connectivity index (χ2v) is 4.57. The summed E-state index contributed by atoms with van der Waals surface area (Å²) in [5.74, 6) is -0.238. The lowest BCUT2D eigenvalue weighted by Crippen LogP contribution is -2.00. The van der Waals surface area contributed by atoms with Crippen molar-refractivity contribution in [2.75, 3.05) is 0 Å². The van der Waals surface area contributed by atoms with Crippen molar-refractivity contribution in [3.8, 4) is 11.5 Å². The Kier molecular flexibility index (Phi) is 3.62. The molecule has 0 bridgehead atoms. The normalized spacial score (nSPS) is 10.1.